The van der Waals surface area contributed by atoms with Crippen molar-refractivity contribution in [1.82, 2.24) is 10.2 Å². The normalized spacial score (nSPS) is 12.1. The van der Waals surface area contributed by atoms with E-state index < -0.39 is 28.5 Å². The van der Waals surface area contributed by atoms with Crippen molar-refractivity contribution in [3.63, 3.8) is 0 Å². The predicted octanol–water partition coefficient (Wildman–Crippen LogP) is 6.73. The minimum Gasteiger partial charge on any atom is -0.352 e. The molecule has 4 aromatic rings. The van der Waals surface area contributed by atoms with E-state index in [9.17, 15) is 18.0 Å². The quantitative estimate of drug-likeness (QED) is 0.179. The first-order chi connectivity index (χ1) is 21.3. The Morgan fingerprint density at radius 1 is 0.800 bits per heavy atom. The molecule has 1 atom stereocenters. The molecule has 0 saturated heterocycles. The van der Waals surface area contributed by atoms with Crippen LogP contribution in [0, 0.1) is 20.8 Å². The van der Waals surface area contributed by atoms with Gasteiger partial charge in [-0.2, -0.15) is 0 Å². The van der Waals surface area contributed by atoms with Crippen molar-refractivity contribution < 1.29 is 18.0 Å². The van der Waals surface area contributed by atoms with Gasteiger partial charge in [-0.15, -0.1) is 0 Å². The highest BCUT2D eigenvalue weighted by Crippen LogP contribution is 2.29. The molecule has 0 bridgehead atoms. The van der Waals surface area contributed by atoms with Gasteiger partial charge in [0.2, 0.25) is 11.8 Å². The highest BCUT2D eigenvalue weighted by molar-refractivity contribution is 9.10. The highest BCUT2D eigenvalue weighted by Gasteiger charge is 2.35. The molecule has 0 aliphatic heterocycles. The van der Waals surface area contributed by atoms with Crippen LogP contribution in [0.3, 0.4) is 0 Å². The van der Waals surface area contributed by atoms with Gasteiger partial charge < -0.3 is 10.2 Å². The number of rotatable bonds is 12. The molecular formula is C36H40BrN3O4S. The molecule has 0 aromatic heterocycles. The first kappa shape index (κ1) is 33.9. The summed E-state index contributed by atoms with van der Waals surface area (Å²) in [5.41, 5.74) is 4.58. The standard InChI is InChI=1S/C36H40BrN3O4S/c1-25(2)38-36(42)34(22-29-10-7-6-8-11-29)39(23-30-12-9-13-31(37)21-30)35(41)24-40(33-20-27(4)14-17-28(33)5)45(43,44)32-18-15-26(3)16-19-32/h6-21,25,34H,22-24H2,1-5H3,(H,38,42)/t34-/m1/s1. The smallest absolute Gasteiger partial charge is 0.264 e. The molecule has 45 heavy (non-hydrogen) atoms. The summed E-state index contributed by atoms with van der Waals surface area (Å²) >= 11 is 3.51. The molecule has 0 aliphatic rings. The minimum absolute atomic E-state index is 0.0822. The summed E-state index contributed by atoms with van der Waals surface area (Å²) in [6.07, 6.45) is 0.257. The van der Waals surface area contributed by atoms with Gasteiger partial charge in [-0.25, -0.2) is 8.42 Å². The summed E-state index contributed by atoms with van der Waals surface area (Å²) in [4.78, 5) is 30.0. The fraction of sp³-hybridized carbons (Fsp3) is 0.278. The first-order valence-corrected chi connectivity index (χ1v) is 17.1. The van der Waals surface area contributed by atoms with Crippen LogP contribution in [0.2, 0.25) is 0 Å². The molecule has 0 unspecified atom stereocenters. The second-order valence-corrected chi connectivity index (χ2v) is 14.4. The number of sulfonamides is 1. The van der Waals surface area contributed by atoms with Gasteiger partial charge in [-0.1, -0.05) is 88.2 Å². The molecule has 4 rings (SSSR count). The lowest BCUT2D eigenvalue weighted by atomic mass is 10.0. The molecule has 236 valence electrons. The number of halogens is 1. The van der Waals surface area contributed by atoms with Crippen molar-refractivity contribution in [2.45, 2.75) is 64.6 Å². The number of anilines is 1. The number of carbonyl (C=O) groups is 2. The van der Waals surface area contributed by atoms with Crippen LogP contribution < -0.4 is 9.62 Å². The zero-order valence-electron chi connectivity index (χ0n) is 26.3. The summed E-state index contributed by atoms with van der Waals surface area (Å²) in [6, 6.07) is 28.1. The molecule has 9 heteroatoms. The van der Waals surface area contributed by atoms with Crippen LogP contribution in [-0.2, 0) is 32.6 Å². The van der Waals surface area contributed by atoms with Crippen LogP contribution >= 0.6 is 15.9 Å². The first-order valence-electron chi connectivity index (χ1n) is 14.9. The monoisotopic (exact) mass is 689 g/mol. The number of nitrogens with one attached hydrogen (secondary N) is 1. The number of hydrogen-bond acceptors (Lipinski definition) is 4. The Kier molecular flexibility index (Phi) is 11.2. The third-order valence-electron chi connectivity index (χ3n) is 7.47. The molecule has 7 nitrogen and oxygen atoms in total. The van der Waals surface area contributed by atoms with Crippen LogP contribution in [-0.4, -0.2) is 43.8 Å². The molecule has 4 aromatic carbocycles. The summed E-state index contributed by atoms with van der Waals surface area (Å²) in [6.45, 7) is 8.94. The molecule has 0 aliphatic carbocycles. The maximum absolute atomic E-state index is 14.6. The number of aryl methyl sites for hydroxylation is 3. The molecule has 0 radical (unpaired) electrons. The molecule has 0 saturated carbocycles. The zero-order chi connectivity index (χ0) is 32.7. The maximum atomic E-state index is 14.6. The average molecular weight is 691 g/mol. The van der Waals surface area contributed by atoms with Gasteiger partial charge in [0, 0.05) is 23.5 Å². The lowest BCUT2D eigenvalue weighted by Gasteiger charge is -2.34. The molecular weight excluding hydrogens is 650 g/mol. The molecule has 1 N–H and O–H groups in total. The van der Waals surface area contributed by atoms with Gasteiger partial charge in [0.05, 0.1) is 10.6 Å². The van der Waals surface area contributed by atoms with E-state index in [0.717, 1.165) is 26.7 Å². The molecule has 0 fully saturated rings. The van der Waals surface area contributed by atoms with Crippen LogP contribution in [0.1, 0.15) is 41.7 Å². The number of amides is 2. The summed E-state index contributed by atoms with van der Waals surface area (Å²) < 4.78 is 30.6. The van der Waals surface area contributed by atoms with E-state index in [-0.39, 0.29) is 29.8 Å². The largest absolute Gasteiger partial charge is 0.352 e. The van der Waals surface area contributed by atoms with Crippen LogP contribution in [0.5, 0.6) is 0 Å². The van der Waals surface area contributed by atoms with Crippen molar-refractivity contribution in [2.75, 3.05) is 10.8 Å². The van der Waals surface area contributed by atoms with Crippen molar-refractivity contribution in [3.8, 4) is 0 Å². The summed E-state index contributed by atoms with van der Waals surface area (Å²) in [5.74, 6) is -0.803. The van der Waals surface area contributed by atoms with Gasteiger partial charge in [-0.05, 0) is 87.2 Å². The number of carbonyl (C=O) groups excluding carboxylic acids is 2. The Labute approximate surface area is 275 Å². The van der Waals surface area contributed by atoms with E-state index in [1.165, 1.54) is 9.21 Å². The van der Waals surface area contributed by atoms with E-state index in [1.807, 2.05) is 101 Å². The van der Waals surface area contributed by atoms with Crippen molar-refractivity contribution in [3.05, 3.63) is 129 Å². The Balaban J connectivity index is 1.84. The SMILES string of the molecule is Cc1ccc(S(=O)(=O)N(CC(=O)N(Cc2cccc(Br)c2)[C@H](Cc2ccccc2)C(=O)NC(C)C)c2cc(C)ccc2C)cc1. The van der Waals surface area contributed by atoms with E-state index in [1.54, 1.807) is 30.3 Å². The Morgan fingerprint density at radius 3 is 2.09 bits per heavy atom. The number of benzene rings is 4. The van der Waals surface area contributed by atoms with Crippen molar-refractivity contribution >= 4 is 43.5 Å². The molecule has 0 heterocycles. The second-order valence-electron chi connectivity index (χ2n) is 11.6. The van der Waals surface area contributed by atoms with Crippen molar-refractivity contribution in [1.29, 1.82) is 0 Å². The number of nitrogens with zero attached hydrogens (tertiary/aromatic N) is 2. The number of hydrogen-bond donors (Lipinski definition) is 1. The fourth-order valence-electron chi connectivity index (χ4n) is 5.11. The van der Waals surface area contributed by atoms with E-state index in [0.29, 0.717) is 11.3 Å². The van der Waals surface area contributed by atoms with E-state index in [4.69, 9.17) is 0 Å². The van der Waals surface area contributed by atoms with E-state index >= 15 is 0 Å². The molecule has 2 amide bonds. The minimum atomic E-state index is -4.16. The molecule has 0 spiro atoms. The van der Waals surface area contributed by atoms with Crippen LogP contribution in [0.15, 0.2) is 106 Å². The summed E-state index contributed by atoms with van der Waals surface area (Å²) in [7, 11) is -4.16. The highest BCUT2D eigenvalue weighted by atomic mass is 79.9. The Hall–Kier alpha value is -3.95. The van der Waals surface area contributed by atoms with Gasteiger partial charge in [-0.3, -0.25) is 13.9 Å². The predicted molar refractivity (Wildman–Crippen MR) is 184 cm³/mol. The van der Waals surface area contributed by atoms with Gasteiger partial charge in [0.25, 0.3) is 10.0 Å². The Bertz CT molecular complexity index is 1740. The van der Waals surface area contributed by atoms with Gasteiger partial charge >= 0.3 is 0 Å². The van der Waals surface area contributed by atoms with Crippen LogP contribution in [0.4, 0.5) is 5.69 Å². The topological polar surface area (TPSA) is 86.8 Å². The second kappa shape index (κ2) is 14.9. The summed E-state index contributed by atoms with van der Waals surface area (Å²) in [5, 5.41) is 2.98. The Morgan fingerprint density at radius 2 is 1.44 bits per heavy atom. The maximum Gasteiger partial charge on any atom is 0.264 e. The lowest BCUT2D eigenvalue weighted by molar-refractivity contribution is -0.140. The fourth-order valence-corrected chi connectivity index (χ4v) is 7.02. The van der Waals surface area contributed by atoms with Crippen LogP contribution in [0.25, 0.3) is 0 Å². The van der Waals surface area contributed by atoms with E-state index in [2.05, 4.69) is 21.2 Å². The van der Waals surface area contributed by atoms with Gasteiger partial charge in [0.1, 0.15) is 12.6 Å². The van der Waals surface area contributed by atoms with Crippen molar-refractivity contribution in [2.24, 2.45) is 0 Å². The van der Waals surface area contributed by atoms with Gasteiger partial charge in [0.15, 0.2) is 0 Å². The average Bonchev–Trinajstić information content (AvgIpc) is 2.99. The third kappa shape index (κ3) is 8.83. The zero-order valence-corrected chi connectivity index (χ0v) is 28.7. The third-order valence-corrected chi connectivity index (χ3v) is 9.73. The lowest BCUT2D eigenvalue weighted by Crippen LogP contribution is -2.54.